The minimum atomic E-state index is -0.0950. The second-order valence-corrected chi connectivity index (χ2v) is 8.44. The van der Waals surface area contributed by atoms with Crippen molar-refractivity contribution in [3.8, 4) is 11.5 Å². The first kappa shape index (κ1) is 23.1. The van der Waals surface area contributed by atoms with Crippen LogP contribution in [0.2, 0.25) is 0 Å². The lowest BCUT2D eigenvalue weighted by Gasteiger charge is -2.32. The molecule has 0 aliphatic carbocycles. The highest BCUT2D eigenvalue weighted by atomic mass is 16.5. The van der Waals surface area contributed by atoms with E-state index in [9.17, 15) is 4.79 Å². The van der Waals surface area contributed by atoms with Crippen molar-refractivity contribution in [3.63, 3.8) is 0 Å². The van der Waals surface area contributed by atoms with Gasteiger partial charge in [0, 0.05) is 38.3 Å². The topological polar surface area (TPSA) is 54.0 Å². The highest BCUT2D eigenvalue weighted by Gasteiger charge is 2.22. The largest absolute Gasteiger partial charge is 0.493 e. The van der Waals surface area contributed by atoms with Gasteiger partial charge in [-0.25, -0.2) is 0 Å². The van der Waals surface area contributed by atoms with Gasteiger partial charge in [-0.1, -0.05) is 24.3 Å². The van der Waals surface area contributed by atoms with Crippen molar-refractivity contribution in [2.75, 3.05) is 47.4 Å². The molecule has 2 aromatic carbocycles. The van der Waals surface area contributed by atoms with E-state index < -0.39 is 0 Å². The van der Waals surface area contributed by atoms with Crippen LogP contribution >= 0.6 is 0 Å². The molecule has 31 heavy (non-hydrogen) atoms. The Kier molecular flexibility index (Phi) is 8.32. The van der Waals surface area contributed by atoms with E-state index in [1.165, 1.54) is 11.1 Å². The number of rotatable bonds is 9. The van der Waals surface area contributed by atoms with Gasteiger partial charge in [-0.05, 0) is 63.2 Å². The van der Waals surface area contributed by atoms with Crippen molar-refractivity contribution in [3.05, 3.63) is 59.2 Å². The number of carbonyl (C=O) groups excluding carboxylic acids is 1. The number of amides is 1. The van der Waals surface area contributed by atoms with Gasteiger partial charge in [0.15, 0.2) is 11.5 Å². The van der Waals surface area contributed by atoms with Crippen molar-refractivity contribution < 1.29 is 14.3 Å². The molecule has 3 rings (SSSR count). The monoisotopic (exact) mass is 425 g/mol. The van der Waals surface area contributed by atoms with Crippen molar-refractivity contribution in [2.45, 2.75) is 32.4 Å². The Hall–Kier alpha value is -2.57. The summed E-state index contributed by atoms with van der Waals surface area (Å²) < 4.78 is 11.8. The van der Waals surface area contributed by atoms with E-state index in [1.807, 2.05) is 25.1 Å². The maximum Gasteiger partial charge on any atom is 0.251 e. The van der Waals surface area contributed by atoms with Crippen LogP contribution in [0.25, 0.3) is 0 Å². The molecule has 1 amide bonds. The highest BCUT2D eigenvalue weighted by molar-refractivity contribution is 5.94. The third-order valence-electron chi connectivity index (χ3n) is 5.75. The molecule has 1 aliphatic rings. The molecular weight excluding hydrogens is 390 g/mol. The summed E-state index contributed by atoms with van der Waals surface area (Å²) in [4.78, 5) is 17.0. The van der Waals surface area contributed by atoms with E-state index in [4.69, 9.17) is 9.47 Å². The number of hydrogen-bond donors (Lipinski definition) is 1. The van der Waals surface area contributed by atoms with Crippen molar-refractivity contribution in [2.24, 2.45) is 0 Å². The van der Waals surface area contributed by atoms with Crippen LogP contribution in [0.3, 0.4) is 0 Å². The maximum atomic E-state index is 12.5. The van der Waals surface area contributed by atoms with Crippen molar-refractivity contribution in [1.29, 1.82) is 0 Å². The average molecular weight is 426 g/mol. The molecule has 168 valence electrons. The van der Waals surface area contributed by atoms with Gasteiger partial charge >= 0.3 is 0 Å². The Morgan fingerprint density at radius 3 is 2.55 bits per heavy atom. The van der Waals surface area contributed by atoms with Crippen molar-refractivity contribution >= 4 is 5.91 Å². The molecule has 0 aromatic heterocycles. The van der Waals surface area contributed by atoms with Crippen molar-refractivity contribution in [1.82, 2.24) is 15.1 Å². The highest BCUT2D eigenvalue weighted by Crippen LogP contribution is 2.31. The molecule has 6 nitrogen and oxygen atoms in total. The second kappa shape index (κ2) is 11.2. The number of hydrogen-bond acceptors (Lipinski definition) is 5. The number of likely N-dealkylation sites (tertiary alicyclic amines) is 1. The zero-order valence-corrected chi connectivity index (χ0v) is 19.2. The predicted molar refractivity (Wildman–Crippen MR) is 124 cm³/mol. The SMILES string of the molecule is COc1ccc(C(=O)NCCN(C)C)cc1OC1CCN(Cc2ccccc2C)CC1. The number of carbonyl (C=O) groups is 1. The summed E-state index contributed by atoms with van der Waals surface area (Å²) in [7, 11) is 5.60. The van der Waals surface area contributed by atoms with Crippen LogP contribution < -0.4 is 14.8 Å². The Morgan fingerprint density at radius 2 is 1.87 bits per heavy atom. The first-order chi connectivity index (χ1) is 15.0. The second-order valence-electron chi connectivity index (χ2n) is 8.44. The minimum absolute atomic E-state index is 0.0950. The van der Waals surface area contributed by atoms with Crippen LogP contribution in [-0.2, 0) is 6.54 Å². The number of likely N-dealkylation sites (N-methyl/N-ethyl adjacent to an activating group) is 1. The Morgan fingerprint density at radius 1 is 1.13 bits per heavy atom. The van der Waals surface area contributed by atoms with Gasteiger partial charge in [0.1, 0.15) is 6.10 Å². The summed E-state index contributed by atoms with van der Waals surface area (Å²) in [6, 6.07) is 13.9. The summed E-state index contributed by atoms with van der Waals surface area (Å²) in [6.45, 7) is 6.53. The normalized spacial score (nSPS) is 15.1. The van der Waals surface area contributed by atoms with Crippen LogP contribution in [0.4, 0.5) is 0 Å². The molecule has 6 heteroatoms. The molecule has 1 saturated heterocycles. The number of ether oxygens (including phenoxy) is 2. The molecule has 1 aliphatic heterocycles. The van der Waals surface area contributed by atoms with Crippen LogP contribution in [0.1, 0.15) is 34.3 Å². The number of nitrogens with one attached hydrogen (secondary N) is 1. The summed E-state index contributed by atoms with van der Waals surface area (Å²) in [5.41, 5.74) is 3.31. The molecule has 0 radical (unpaired) electrons. The summed E-state index contributed by atoms with van der Waals surface area (Å²) in [5.74, 6) is 1.20. The van der Waals surface area contributed by atoms with Gasteiger partial charge in [0.2, 0.25) is 0 Å². The van der Waals surface area contributed by atoms with Crippen LogP contribution in [0, 0.1) is 6.92 Å². The van der Waals surface area contributed by atoms with E-state index >= 15 is 0 Å². The quantitative estimate of drug-likeness (QED) is 0.668. The van der Waals surface area contributed by atoms with E-state index in [2.05, 4.69) is 41.4 Å². The van der Waals surface area contributed by atoms with Gasteiger partial charge in [0.05, 0.1) is 7.11 Å². The van der Waals surface area contributed by atoms with Gasteiger partial charge in [-0.3, -0.25) is 9.69 Å². The lowest BCUT2D eigenvalue weighted by molar-refractivity contribution is 0.0922. The van der Waals surface area contributed by atoms with Gasteiger partial charge < -0.3 is 19.7 Å². The Bertz CT molecular complexity index is 861. The molecule has 0 unspecified atom stereocenters. The first-order valence-corrected chi connectivity index (χ1v) is 11.0. The van der Waals surface area contributed by atoms with Crippen LogP contribution in [0.5, 0.6) is 11.5 Å². The first-order valence-electron chi connectivity index (χ1n) is 11.0. The standard InChI is InChI=1S/C25H35N3O3/c1-19-7-5-6-8-21(19)18-28-14-11-22(12-15-28)31-24-17-20(9-10-23(24)30-4)25(29)26-13-16-27(2)3/h5-10,17,22H,11-16,18H2,1-4H3,(H,26,29). The molecule has 1 heterocycles. The Balaban J connectivity index is 1.56. The van der Waals surface area contributed by atoms with Crippen LogP contribution in [0.15, 0.2) is 42.5 Å². The van der Waals surface area contributed by atoms with Gasteiger partial charge in [-0.15, -0.1) is 0 Å². The van der Waals surface area contributed by atoms with E-state index in [0.29, 0.717) is 23.6 Å². The molecule has 2 aromatic rings. The molecule has 0 bridgehead atoms. The average Bonchev–Trinajstić information content (AvgIpc) is 2.76. The van der Waals surface area contributed by atoms with E-state index in [-0.39, 0.29) is 12.0 Å². The number of benzene rings is 2. The smallest absolute Gasteiger partial charge is 0.251 e. The fraction of sp³-hybridized carbons (Fsp3) is 0.480. The molecule has 0 saturated carbocycles. The lowest BCUT2D eigenvalue weighted by atomic mass is 10.0. The van der Waals surface area contributed by atoms with E-state index in [1.54, 1.807) is 19.2 Å². The van der Waals surface area contributed by atoms with Gasteiger partial charge in [0.25, 0.3) is 5.91 Å². The number of piperidine rings is 1. The lowest BCUT2D eigenvalue weighted by Crippen LogP contribution is -2.38. The number of methoxy groups -OCH3 is 1. The zero-order valence-electron chi connectivity index (χ0n) is 19.2. The predicted octanol–water partition coefficient (Wildman–Crippen LogP) is 3.34. The molecular formula is C25H35N3O3. The summed E-state index contributed by atoms with van der Waals surface area (Å²) in [6.07, 6.45) is 2.02. The third-order valence-corrected chi connectivity index (χ3v) is 5.75. The summed E-state index contributed by atoms with van der Waals surface area (Å²) in [5, 5.41) is 2.95. The maximum absolute atomic E-state index is 12.5. The fourth-order valence-corrected chi connectivity index (χ4v) is 3.80. The molecule has 0 spiro atoms. The van der Waals surface area contributed by atoms with Crippen LogP contribution in [-0.4, -0.2) is 69.2 Å². The number of nitrogens with zero attached hydrogens (tertiary/aromatic N) is 2. The molecule has 0 atom stereocenters. The third kappa shape index (κ3) is 6.71. The summed E-state index contributed by atoms with van der Waals surface area (Å²) >= 11 is 0. The fourth-order valence-electron chi connectivity index (χ4n) is 3.80. The zero-order chi connectivity index (χ0) is 22.2. The molecule has 1 N–H and O–H groups in total. The Labute approximate surface area is 186 Å². The van der Waals surface area contributed by atoms with E-state index in [0.717, 1.165) is 39.0 Å². The number of aryl methyl sites for hydroxylation is 1. The minimum Gasteiger partial charge on any atom is -0.493 e. The van der Waals surface area contributed by atoms with Gasteiger partial charge in [-0.2, -0.15) is 0 Å². The molecule has 1 fully saturated rings.